The number of aryl methyl sites for hydroxylation is 1. The molecule has 8 unspecified atom stereocenters. The maximum atomic E-state index is 14.4. The molecule has 2 heterocycles. The average Bonchev–Trinajstić information content (AvgIpc) is 3.85. The molecule has 8 atom stereocenters. The molecule has 0 saturated carbocycles. The third kappa shape index (κ3) is 18.3. The number of unbranched alkanes of at least 4 members (excludes halogenated alkanes) is 1. The second-order valence-electron chi connectivity index (χ2n) is 18.4. The highest BCUT2D eigenvalue weighted by Crippen LogP contribution is 2.16. The number of rotatable bonds is 15. The van der Waals surface area contributed by atoms with Gasteiger partial charge in [0, 0.05) is 38.4 Å². The minimum atomic E-state index is -1.80. The lowest BCUT2D eigenvalue weighted by Gasteiger charge is -2.27. The van der Waals surface area contributed by atoms with Gasteiger partial charge in [0.15, 0.2) is 0 Å². The number of hydrogen-bond donors (Lipinski definition) is 15. The largest absolute Gasteiger partial charge is 0.508 e. The molecule has 0 aliphatic carbocycles. The number of carbonyl (C=O) groups excluding carboxylic acids is 8. The van der Waals surface area contributed by atoms with Gasteiger partial charge in [-0.2, -0.15) is 0 Å². The van der Waals surface area contributed by atoms with Crippen molar-refractivity contribution < 1.29 is 63.9 Å². The van der Waals surface area contributed by atoms with Crippen molar-refractivity contribution in [3.05, 3.63) is 101 Å². The van der Waals surface area contributed by atoms with E-state index in [-0.39, 0.29) is 74.4 Å². The Balaban J connectivity index is 1.54. The zero-order valence-corrected chi connectivity index (χ0v) is 41.6. The summed E-state index contributed by atoms with van der Waals surface area (Å²) in [6.45, 7) is -1.43. The number of phenolic OH excluding ortho intramolecular Hbond substituents is 3. The van der Waals surface area contributed by atoms with Crippen LogP contribution in [0.2, 0.25) is 0 Å². The van der Waals surface area contributed by atoms with Crippen LogP contribution < -0.4 is 54.4 Å². The van der Waals surface area contributed by atoms with Crippen LogP contribution in [0.1, 0.15) is 60.9 Å². The molecule has 1 aliphatic rings. The fourth-order valence-electron chi connectivity index (χ4n) is 8.04. The molecule has 18 N–H and O–H groups in total. The molecular weight excluding hydrogens is 991 g/mol. The Morgan fingerprint density at radius 1 is 0.618 bits per heavy atom. The van der Waals surface area contributed by atoms with Crippen molar-refractivity contribution in [3.63, 3.8) is 0 Å². The number of fused-ring (bicyclic) bond motifs is 2. The molecular formula is C50H67N13O13. The summed E-state index contributed by atoms with van der Waals surface area (Å²) in [4.78, 5) is 111. The highest BCUT2D eigenvalue weighted by atomic mass is 16.3. The molecule has 410 valence electrons. The van der Waals surface area contributed by atoms with Gasteiger partial charge >= 0.3 is 0 Å². The summed E-state index contributed by atoms with van der Waals surface area (Å²) in [7, 11) is 0. The Hall–Kier alpha value is -8.20. The third-order valence-corrected chi connectivity index (χ3v) is 12.4. The monoisotopic (exact) mass is 1060 g/mol. The number of nitrogens with one attached hydrogen (secondary N) is 7. The standard InChI is InChI=1S/C50H67N13O13/c51-19-3-1-5-35(52)44(70)55-40-24-31-25-63(62-61-31)20-4-2-6-36(43(53)69)54-49(75)41(26-64)59-46(72)38(22-29-9-15-33(67)16-10-29)56-45(71)37(21-28-7-13-32(66)14-8-28)58-50(76)42(27-65)60-47(73)39(57-48(40)74)23-30-11-17-34(68)18-12-30/h7-18,25,35-42,64-68H,1-6,19-24,26-27,51-52H2,(H2,53,69)(H,54,75)(H,55,70)(H,56,71)(H,57,74)(H,58,76)(H,59,72)(H,60,73). The van der Waals surface area contributed by atoms with Gasteiger partial charge in [-0.25, -0.2) is 0 Å². The molecule has 8 amide bonds. The number of benzene rings is 3. The van der Waals surface area contributed by atoms with E-state index in [1.54, 1.807) is 0 Å². The van der Waals surface area contributed by atoms with E-state index < -0.39 is 109 Å². The van der Waals surface area contributed by atoms with E-state index in [9.17, 15) is 63.9 Å². The molecule has 0 spiro atoms. The number of aliphatic hydroxyl groups is 2. The Morgan fingerprint density at radius 2 is 1.04 bits per heavy atom. The van der Waals surface area contributed by atoms with Crippen LogP contribution in [0.4, 0.5) is 0 Å². The lowest BCUT2D eigenvalue weighted by molar-refractivity contribution is -0.136. The van der Waals surface area contributed by atoms with Gasteiger partial charge in [0.1, 0.15) is 59.5 Å². The number of nitrogens with two attached hydrogens (primary N) is 3. The molecule has 0 radical (unpaired) electrons. The van der Waals surface area contributed by atoms with Crippen LogP contribution in [0.3, 0.4) is 0 Å². The zero-order valence-electron chi connectivity index (χ0n) is 41.6. The molecule has 76 heavy (non-hydrogen) atoms. The molecule has 0 saturated heterocycles. The maximum Gasteiger partial charge on any atom is 0.245 e. The second-order valence-corrected chi connectivity index (χ2v) is 18.4. The number of nitrogens with zero attached hydrogens (tertiary/aromatic N) is 3. The summed E-state index contributed by atoms with van der Waals surface area (Å²) >= 11 is 0. The summed E-state index contributed by atoms with van der Waals surface area (Å²) in [5.41, 5.74) is 18.9. The second kappa shape index (κ2) is 29.0. The highest BCUT2D eigenvalue weighted by Gasteiger charge is 2.35. The average molecular weight is 1060 g/mol. The van der Waals surface area contributed by atoms with E-state index in [4.69, 9.17) is 17.2 Å². The number of aromatic nitrogens is 3. The number of amides is 8. The van der Waals surface area contributed by atoms with Crippen molar-refractivity contribution in [3.8, 4) is 17.2 Å². The van der Waals surface area contributed by atoms with Crippen LogP contribution in [0.25, 0.3) is 0 Å². The minimum Gasteiger partial charge on any atom is -0.508 e. The van der Waals surface area contributed by atoms with E-state index >= 15 is 0 Å². The molecule has 4 aromatic rings. The predicted octanol–water partition coefficient (Wildman–Crippen LogP) is -3.83. The van der Waals surface area contributed by atoms with Gasteiger partial charge in [0.2, 0.25) is 47.3 Å². The molecule has 1 aromatic heterocycles. The van der Waals surface area contributed by atoms with E-state index in [2.05, 4.69) is 47.5 Å². The first-order valence-corrected chi connectivity index (χ1v) is 24.7. The Labute approximate surface area is 436 Å². The molecule has 3 aromatic carbocycles. The van der Waals surface area contributed by atoms with Crippen molar-refractivity contribution in [1.82, 2.24) is 52.2 Å². The summed E-state index contributed by atoms with van der Waals surface area (Å²) in [5.74, 6) is -7.94. The van der Waals surface area contributed by atoms with Crippen molar-refractivity contribution in [2.24, 2.45) is 17.2 Å². The van der Waals surface area contributed by atoms with Gasteiger partial charge < -0.3 is 80.0 Å². The van der Waals surface area contributed by atoms with Gasteiger partial charge in [-0.15, -0.1) is 5.10 Å². The fraction of sp³-hybridized carbons (Fsp3) is 0.440. The van der Waals surface area contributed by atoms with Crippen LogP contribution in [0.5, 0.6) is 17.2 Å². The van der Waals surface area contributed by atoms with Gasteiger partial charge in [0.25, 0.3) is 0 Å². The first-order valence-electron chi connectivity index (χ1n) is 24.7. The predicted molar refractivity (Wildman–Crippen MR) is 271 cm³/mol. The van der Waals surface area contributed by atoms with E-state index in [0.717, 1.165) is 0 Å². The topological polar surface area (TPSA) is 431 Å². The number of carbonyl (C=O) groups is 8. The highest BCUT2D eigenvalue weighted by molar-refractivity contribution is 5.98. The van der Waals surface area contributed by atoms with Gasteiger partial charge in [-0.3, -0.25) is 43.0 Å². The zero-order chi connectivity index (χ0) is 55.3. The normalized spacial score (nSPS) is 22.3. The number of hydrogen-bond acceptors (Lipinski definition) is 17. The van der Waals surface area contributed by atoms with Gasteiger partial charge in [-0.1, -0.05) is 48.0 Å². The first-order chi connectivity index (χ1) is 36.3. The van der Waals surface area contributed by atoms with Crippen molar-refractivity contribution in [2.45, 2.75) is 119 Å². The molecule has 1 aliphatic heterocycles. The minimum absolute atomic E-state index is 0.0121. The van der Waals surface area contributed by atoms with Crippen molar-refractivity contribution >= 4 is 47.3 Å². The molecule has 2 bridgehead atoms. The van der Waals surface area contributed by atoms with Crippen molar-refractivity contribution in [2.75, 3.05) is 19.8 Å². The number of aliphatic hydroxyl groups excluding tert-OH is 2. The number of phenols is 3. The van der Waals surface area contributed by atoms with Crippen molar-refractivity contribution in [1.29, 1.82) is 0 Å². The number of primary amides is 1. The van der Waals surface area contributed by atoms with Crippen LogP contribution >= 0.6 is 0 Å². The third-order valence-electron chi connectivity index (χ3n) is 12.4. The molecule has 5 rings (SSSR count). The Kier molecular flexibility index (Phi) is 22.4. The summed E-state index contributed by atoms with van der Waals surface area (Å²) < 4.78 is 1.44. The summed E-state index contributed by atoms with van der Waals surface area (Å²) in [6.07, 6.45) is 2.41. The van der Waals surface area contributed by atoms with Crippen LogP contribution in [-0.4, -0.2) is 156 Å². The smallest absolute Gasteiger partial charge is 0.245 e. The molecule has 26 heteroatoms. The Morgan fingerprint density at radius 3 is 1.47 bits per heavy atom. The lowest BCUT2D eigenvalue weighted by atomic mass is 10.0. The van der Waals surface area contributed by atoms with E-state index in [1.165, 1.54) is 83.7 Å². The fourth-order valence-corrected chi connectivity index (χ4v) is 8.04. The number of aromatic hydroxyl groups is 3. The Bertz CT molecular complexity index is 2600. The van der Waals surface area contributed by atoms with Crippen LogP contribution in [0, 0.1) is 0 Å². The lowest BCUT2D eigenvalue weighted by Crippen LogP contribution is -2.61. The molecule has 0 fully saturated rings. The SMILES string of the molecule is NCCCCC(N)C(=O)NC1Cc2cn(nn2)CCCCC(C(N)=O)NC(=O)C(CO)NC(=O)C(Cc2ccc(O)cc2)NC(=O)C(Cc2ccc(O)cc2)NC(=O)C(CO)NC(=O)C(Cc2ccc(O)cc2)NC1=O. The van der Waals surface area contributed by atoms with E-state index in [1.807, 2.05) is 0 Å². The maximum absolute atomic E-state index is 14.4. The van der Waals surface area contributed by atoms with Crippen LogP contribution in [-0.2, 0) is 70.6 Å². The first kappa shape index (κ1) is 58.7. The van der Waals surface area contributed by atoms with Gasteiger partial charge in [0.05, 0.1) is 24.9 Å². The summed E-state index contributed by atoms with van der Waals surface area (Å²) in [5, 5.41) is 76.8. The summed E-state index contributed by atoms with van der Waals surface area (Å²) in [6, 6.07) is 4.87. The quantitative estimate of drug-likeness (QED) is 0.0507. The van der Waals surface area contributed by atoms with Crippen LogP contribution in [0.15, 0.2) is 79.0 Å². The molecule has 26 nitrogen and oxygen atoms in total. The van der Waals surface area contributed by atoms with E-state index in [0.29, 0.717) is 42.5 Å². The van der Waals surface area contributed by atoms with Gasteiger partial charge in [-0.05, 0) is 91.7 Å².